The summed E-state index contributed by atoms with van der Waals surface area (Å²) in [5.41, 5.74) is 0. The Morgan fingerprint density at radius 3 is 3.30 bits per heavy atom. The van der Waals surface area contributed by atoms with Crippen molar-refractivity contribution in [3.05, 3.63) is 12.3 Å². The highest BCUT2D eigenvalue weighted by atomic mass is 16.1. The summed E-state index contributed by atoms with van der Waals surface area (Å²) in [6, 6.07) is 0.307. The Hall–Kier alpha value is -0.790. The first-order valence-electron chi connectivity index (χ1n) is 3.77. The molecule has 2 rings (SSSR count). The minimum absolute atomic E-state index is 0.147. The van der Waals surface area contributed by atoms with Gasteiger partial charge in [-0.3, -0.25) is 10.1 Å². The fraction of sp³-hybridized carbons (Fsp3) is 0.625. The van der Waals surface area contributed by atoms with Crippen molar-refractivity contribution >= 4 is 5.78 Å². The Morgan fingerprint density at radius 1 is 1.60 bits per heavy atom. The first kappa shape index (κ1) is 5.96. The van der Waals surface area contributed by atoms with Gasteiger partial charge in [0.1, 0.15) is 5.78 Å². The highest BCUT2D eigenvalue weighted by molar-refractivity contribution is 5.84. The molecule has 1 aliphatic carbocycles. The second kappa shape index (κ2) is 2.11. The Morgan fingerprint density at radius 2 is 2.50 bits per heavy atom. The predicted molar refractivity (Wildman–Crippen MR) is 37.4 cm³/mol. The second-order valence-corrected chi connectivity index (χ2v) is 2.94. The zero-order valence-corrected chi connectivity index (χ0v) is 5.79. The molecule has 2 unspecified atom stereocenters. The van der Waals surface area contributed by atoms with Gasteiger partial charge in [-0.05, 0) is 12.8 Å². The summed E-state index contributed by atoms with van der Waals surface area (Å²) in [6.07, 6.45) is 6.63. The number of carbonyl (C=O) groups is 1. The molecule has 0 bridgehead atoms. The Bertz CT molecular complexity index is 186. The molecule has 0 aromatic heterocycles. The van der Waals surface area contributed by atoms with Crippen LogP contribution in [-0.4, -0.2) is 11.8 Å². The van der Waals surface area contributed by atoms with E-state index in [0.717, 1.165) is 19.3 Å². The van der Waals surface area contributed by atoms with Crippen LogP contribution in [-0.2, 0) is 4.79 Å². The van der Waals surface area contributed by atoms with Gasteiger partial charge >= 0.3 is 0 Å². The van der Waals surface area contributed by atoms with Crippen molar-refractivity contribution in [1.29, 1.82) is 0 Å². The molecule has 2 aliphatic rings. The van der Waals surface area contributed by atoms with E-state index in [-0.39, 0.29) is 5.92 Å². The molecule has 10 heavy (non-hydrogen) atoms. The van der Waals surface area contributed by atoms with E-state index in [1.807, 2.05) is 6.08 Å². The lowest BCUT2D eigenvalue weighted by Gasteiger charge is -2.21. The summed E-state index contributed by atoms with van der Waals surface area (Å²) in [6.45, 7) is 0. The van der Waals surface area contributed by atoms with Gasteiger partial charge in [0, 0.05) is 12.6 Å². The average Bonchev–Trinajstić information content (AvgIpc) is 2.36. The molecule has 0 aromatic carbocycles. The van der Waals surface area contributed by atoms with Crippen molar-refractivity contribution in [2.75, 3.05) is 0 Å². The third-order valence-electron chi connectivity index (χ3n) is 2.28. The van der Waals surface area contributed by atoms with Crippen molar-refractivity contribution in [3.8, 4) is 0 Å². The summed E-state index contributed by atoms with van der Waals surface area (Å²) in [4.78, 5) is 11.2. The summed E-state index contributed by atoms with van der Waals surface area (Å²) in [7, 11) is 0. The lowest BCUT2D eigenvalue weighted by molar-refractivity contribution is -0.123. The van der Waals surface area contributed by atoms with Crippen molar-refractivity contribution in [3.63, 3.8) is 0 Å². The smallest absolute Gasteiger partial charge is 0.141 e. The number of Topliss-reactive ketones (excluding diaryl/α,β-unsaturated/α-hetero) is 1. The molecule has 2 heteroatoms. The number of rotatable bonds is 0. The Balaban J connectivity index is 2.16. The number of hydrogen-bond donors (Lipinski definition) is 0. The molecule has 1 saturated carbocycles. The maximum Gasteiger partial charge on any atom is 0.141 e. The van der Waals surface area contributed by atoms with Crippen molar-refractivity contribution in [2.45, 2.75) is 25.3 Å². The van der Waals surface area contributed by atoms with E-state index in [9.17, 15) is 4.79 Å². The van der Waals surface area contributed by atoms with Gasteiger partial charge in [0.25, 0.3) is 0 Å². The maximum absolute atomic E-state index is 11.2. The topological polar surface area (TPSA) is 31.2 Å². The van der Waals surface area contributed by atoms with Crippen LogP contribution in [0.15, 0.2) is 12.3 Å². The number of nitrogens with zero attached hydrogens (tertiary/aromatic N) is 1. The van der Waals surface area contributed by atoms with Gasteiger partial charge < -0.3 is 0 Å². The minimum atomic E-state index is 0.147. The molecule has 0 aromatic rings. The summed E-state index contributed by atoms with van der Waals surface area (Å²) in [5, 5.41) is 4.21. The van der Waals surface area contributed by atoms with Gasteiger partial charge in [-0.1, -0.05) is 6.08 Å². The molecule has 2 atom stereocenters. The molecule has 1 radical (unpaired) electrons. The van der Waals surface area contributed by atoms with E-state index in [2.05, 4.69) is 5.32 Å². The van der Waals surface area contributed by atoms with E-state index in [4.69, 9.17) is 0 Å². The van der Waals surface area contributed by atoms with E-state index in [0.29, 0.717) is 11.8 Å². The first-order chi connectivity index (χ1) is 4.88. The number of fused-ring (bicyclic) bond motifs is 1. The van der Waals surface area contributed by atoms with Crippen LogP contribution in [0, 0.1) is 5.92 Å². The molecule has 1 aliphatic heterocycles. The van der Waals surface area contributed by atoms with E-state index >= 15 is 0 Å². The molecule has 1 heterocycles. The molecule has 0 spiro atoms. The lowest BCUT2D eigenvalue weighted by atomic mass is 9.85. The molecule has 2 nitrogen and oxygen atoms in total. The van der Waals surface area contributed by atoms with Crippen LogP contribution in [0.3, 0.4) is 0 Å². The fourth-order valence-corrected chi connectivity index (χ4v) is 1.70. The lowest BCUT2D eigenvalue weighted by Crippen LogP contribution is -2.32. The number of carbonyl (C=O) groups excluding carboxylic acids is 1. The number of ketones is 1. The van der Waals surface area contributed by atoms with Crippen LogP contribution in [0.5, 0.6) is 0 Å². The van der Waals surface area contributed by atoms with Crippen LogP contribution in [0.2, 0.25) is 0 Å². The molecule has 0 amide bonds. The third-order valence-corrected chi connectivity index (χ3v) is 2.28. The van der Waals surface area contributed by atoms with Crippen molar-refractivity contribution in [2.24, 2.45) is 5.92 Å². The van der Waals surface area contributed by atoms with Crippen LogP contribution in [0.4, 0.5) is 0 Å². The first-order valence-corrected chi connectivity index (χ1v) is 3.77. The average molecular weight is 136 g/mol. The molecular formula is C8H10NO. The third kappa shape index (κ3) is 0.753. The van der Waals surface area contributed by atoms with Gasteiger partial charge in [0.05, 0.1) is 12.0 Å². The molecule has 0 saturated heterocycles. The van der Waals surface area contributed by atoms with Gasteiger partial charge in [-0.2, -0.15) is 0 Å². The summed E-state index contributed by atoms with van der Waals surface area (Å²) in [5.74, 6) is 0.530. The van der Waals surface area contributed by atoms with Crippen molar-refractivity contribution < 1.29 is 4.79 Å². The summed E-state index contributed by atoms with van der Waals surface area (Å²) >= 11 is 0. The van der Waals surface area contributed by atoms with Gasteiger partial charge in [0.15, 0.2) is 0 Å². The highest BCUT2D eigenvalue weighted by Crippen LogP contribution is 2.26. The summed E-state index contributed by atoms with van der Waals surface area (Å²) < 4.78 is 0. The highest BCUT2D eigenvalue weighted by Gasteiger charge is 2.32. The number of hydrogen-bond acceptors (Lipinski definition) is 1. The maximum atomic E-state index is 11.2. The normalized spacial score (nSPS) is 37.4. The fourth-order valence-electron chi connectivity index (χ4n) is 1.70. The van der Waals surface area contributed by atoms with E-state index in [1.165, 1.54) is 0 Å². The van der Waals surface area contributed by atoms with E-state index < -0.39 is 0 Å². The Labute approximate surface area is 60.3 Å². The predicted octanol–water partition coefficient (Wildman–Crippen LogP) is 0.856. The minimum Gasteiger partial charge on any atom is -0.299 e. The standard InChI is InChI=1S/C8H10NO/c10-8-3-1-2-7-6(8)4-5-9-7/h4-7H,1-3H2. The van der Waals surface area contributed by atoms with Crippen molar-refractivity contribution in [1.82, 2.24) is 5.32 Å². The van der Waals surface area contributed by atoms with Gasteiger partial charge in [-0.25, -0.2) is 0 Å². The molecule has 0 N–H and O–H groups in total. The zero-order valence-electron chi connectivity index (χ0n) is 5.79. The molecule has 1 fully saturated rings. The second-order valence-electron chi connectivity index (χ2n) is 2.94. The van der Waals surface area contributed by atoms with Gasteiger partial charge in [-0.15, -0.1) is 0 Å². The Kier molecular flexibility index (Phi) is 1.26. The van der Waals surface area contributed by atoms with E-state index in [1.54, 1.807) is 6.20 Å². The quantitative estimate of drug-likeness (QED) is 0.486. The molecule has 53 valence electrons. The van der Waals surface area contributed by atoms with Crippen LogP contribution >= 0.6 is 0 Å². The van der Waals surface area contributed by atoms with Crippen LogP contribution < -0.4 is 5.32 Å². The largest absolute Gasteiger partial charge is 0.299 e. The monoisotopic (exact) mass is 136 g/mol. The molecular weight excluding hydrogens is 126 g/mol. The SMILES string of the molecule is O=C1CCCC2[N]C=CC12. The van der Waals surface area contributed by atoms with Gasteiger partial charge in [0.2, 0.25) is 0 Å². The van der Waals surface area contributed by atoms with Crippen LogP contribution in [0.1, 0.15) is 19.3 Å². The zero-order chi connectivity index (χ0) is 6.97. The van der Waals surface area contributed by atoms with Crippen LogP contribution in [0.25, 0.3) is 0 Å².